The van der Waals surface area contributed by atoms with E-state index in [9.17, 15) is 0 Å². The highest BCUT2D eigenvalue weighted by Crippen LogP contribution is 2.64. The summed E-state index contributed by atoms with van der Waals surface area (Å²) in [4.78, 5) is 0. The summed E-state index contributed by atoms with van der Waals surface area (Å²) in [5.74, 6) is 4.70. The fourth-order valence-corrected chi connectivity index (χ4v) is 14.4. The number of fused-ring (bicyclic) bond motifs is 5. The van der Waals surface area contributed by atoms with E-state index in [-0.39, 0.29) is 16.2 Å². The topological polar surface area (TPSA) is 0 Å². The molecule has 0 bridgehead atoms. The van der Waals surface area contributed by atoms with E-state index in [4.69, 9.17) is 0 Å². The van der Waals surface area contributed by atoms with E-state index in [1.165, 1.54) is 83.5 Å². The van der Waals surface area contributed by atoms with Crippen LogP contribution in [-0.2, 0) is 5.41 Å². The molecule has 0 nitrogen and oxygen atoms in total. The van der Waals surface area contributed by atoms with E-state index >= 15 is 0 Å². The summed E-state index contributed by atoms with van der Waals surface area (Å²) in [6.45, 7) is 29.2. The zero-order valence-corrected chi connectivity index (χ0v) is 45.9. The van der Waals surface area contributed by atoms with Crippen LogP contribution >= 0.6 is 31.9 Å². The second-order valence-electron chi connectivity index (χ2n) is 23.8. The predicted molar refractivity (Wildman–Crippen MR) is 290 cm³/mol. The Morgan fingerprint density at radius 2 is 1.32 bits per heavy atom. The third-order valence-electron chi connectivity index (χ3n) is 17.6. The van der Waals surface area contributed by atoms with Crippen LogP contribution < -0.4 is 0 Å². The molecule has 0 saturated heterocycles. The Morgan fingerprint density at radius 1 is 0.708 bits per heavy atom. The minimum Gasteiger partial charge on any atom is -0.0761 e. The van der Waals surface area contributed by atoms with Crippen molar-refractivity contribution in [3.8, 4) is 0 Å². The zero-order valence-electron chi connectivity index (χ0n) is 42.7. The summed E-state index contributed by atoms with van der Waals surface area (Å²) in [7, 11) is 0. The van der Waals surface area contributed by atoms with Gasteiger partial charge in [-0.15, -0.1) is 0 Å². The molecule has 8 rings (SSSR count). The summed E-state index contributed by atoms with van der Waals surface area (Å²) < 4.78 is 2.74. The molecule has 0 aromatic heterocycles. The average molecular weight is 1000 g/mol. The largest absolute Gasteiger partial charge is 0.0761 e. The highest BCUT2D eigenvalue weighted by Gasteiger charge is 2.52. The highest BCUT2D eigenvalue weighted by molar-refractivity contribution is 9.12. The fraction of sp³-hybridized carbons (Fsp3) is 0.587. The van der Waals surface area contributed by atoms with Crippen molar-refractivity contribution in [1.29, 1.82) is 0 Å². The van der Waals surface area contributed by atoms with Crippen LogP contribution in [0.15, 0.2) is 126 Å². The number of rotatable bonds is 17. The third-order valence-corrected chi connectivity index (χ3v) is 19.0. The number of allylic oxidation sites excluding steroid dienone is 20. The van der Waals surface area contributed by atoms with Gasteiger partial charge in [0.1, 0.15) is 0 Å². The van der Waals surface area contributed by atoms with Crippen LogP contribution in [0.5, 0.6) is 0 Å². The smallest absolute Gasteiger partial charge is 0.0209 e. The van der Waals surface area contributed by atoms with Crippen LogP contribution in [-0.4, -0.2) is 0 Å². The van der Waals surface area contributed by atoms with Gasteiger partial charge in [0.05, 0.1) is 0 Å². The van der Waals surface area contributed by atoms with E-state index in [0.717, 1.165) is 32.1 Å². The molecule has 0 fully saturated rings. The van der Waals surface area contributed by atoms with Gasteiger partial charge in [0.2, 0.25) is 0 Å². The van der Waals surface area contributed by atoms with Crippen molar-refractivity contribution in [2.45, 2.75) is 184 Å². The van der Waals surface area contributed by atoms with Gasteiger partial charge in [-0.1, -0.05) is 194 Å². The van der Waals surface area contributed by atoms with E-state index < -0.39 is 0 Å². The molecule has 0 radical (unpaired) electrons. The Hall–Kier alpha value is -2.42. The Bertz CT molecular complexity index is 2300. The summed E-state index contributed by atoms with van der Waals surface area (Å²) in [6, 6.07) is 7.64. The van der Waals surface area contributed by atoms with Gasteiger partial charge in [-0.3, -0.25) is 0 Å². The van der Waals surface area contributed by atoms with Gasteiger partial charge in [-0.2, -0.15) is 0 Å². The minimum atomic E-state index is 0.0312. The maximum Gasteiger partial charge on any atom is 0.0209 e. The molecule has 0 saturated carbocycles. The lowest BCUT2D eigenvalue weighted by Crippen LogP contribution is -2.32. The molecule has 0 heterocycles. The van der Waals surface area contributed by atoms with Crippen molar-refractivity contribution < 1.29 is 0 Å². The van der Waals surface area contributed by atoms with Gasteiger partial charge in [0, 0.05) is 22.7 Å². The van der Waals surface area contributed by atoms with Crippen LogP contribution in [0.2, 0.25) is 0 Å². The van der Waals surface area contributed by atoms with Gasteiger partial charge in [0.25, 0.3) is 0 Å². The van der Waals surface area contributed by atoms with Crippen LogP contribution in [0.25, 0.3) is 5.57 Å². The molecule has 2 heteroatoms. The van der Waals surface area contributed by atoms with Crippen LogP contribution in [0.1, 0.15) is 196 Å². The maximum atomic E-state index is 4.02. The van der Waals surface area contributed by atoms with Crippen molar-refractivity contribution in [2.24, 2.45) is 52.3 Å². The van der Waals surface area contributed by atoms with E-state index in [1.807, 2.05) is 0 Å². The maximum absolute atomic E-state index is 4.02. The number of hydrogen-bond acceptors (Lipinski definition) is 0. The van der Waals surface area contributed by atoms with Crippen LogP contribution in [0, 0.1) is 52.3 Å². The molecule has 0 spiro atoms. The highest BCUT2D eigenvalue weighted by atomic mass is 79.9. The number of halogens is 2. The van der Waals surface area contributed by atoms with E-state index in [0.29, 0.717) is 47.3 Å². The third kappa shape index (κ3) is 9.15. The monoisotopic (exact) mass is 998 g/mol. The van der Waals surface area contributed by atoms with Crippen molar-refractivity contribution in [2.75, 3.05) is 0 Å². The predicted octanol–water partition coefficient (Wildman–Crippen LogP) is 19.9. The lowest BCUT2D eigenvalue weighted by Gasteiger charge is -2.41. The van der Waals surface area contributed by atoms with E-state index in [2.05, 4.69) is 188 Å². The molecule has 4 atom stereocenters. The van der Waals surface area contributed by atoms with Crippen molar-refractivity contribution in [3.05, 3.63) is 143 Å². The SMILES string of the molecule is CCC1=C(/C=C(/Br)CC)C(CCC(C)C)(CCC(C)C)C2=C1CCC(C1=CC3C(C=C1)c1ccc(C4=CC5C(C=C4)C4=C(C=C(Br)CC4)C5(CCC(C)C)CCC(C)C)cc1C3(C)C)=C2. The Morgan fingerprint density at radius 3 is 1.95 bits per heavy atom. The molecule has 1 aromatic rings. The normalized spacial score (nSPS) is 26.2. The molecule has 0 amide bonds. The lowest BCUT2D eigenvalue weighted by molar-refractivity contribution is 0.192. The van der Waals surface area contributed by atoms with Gasteiger partial charge in [-0.05, 0) is 200 Å². The molecule has 0 aliphatic heterocycles. The molecule has 65 heavy (non-hydrogen) atoms. The van der Waals surface area contributed by atoms with Gasteiger partial charge in [-0.25, -0.2) is 0 Å². The Balaban J connectivity index is 1.13. The molecular weight excluding hydrogens is 917 g/mol. The quantitative estimate of drug-likeness (QED) is 0.146. The van der Waals surface area contributed by atoms with Gasteiger partial charge < -0.3 is 0 Å². The minimum absolute atomic E-state index is 0.0312. The van der Waals surface area contributed by atoms with E-state index in [1.54, 1.807) is 50.1 Å². The number of hydrogen-bond donors (Lipinski definition) is 0. The van der Waals surface area contributed by atoms with Crippen molar-refractivity contribution in [1.82, 2.24) is 0 Å². The summed E-state index contributed by atoms with van der Waals surface area (Å²) in [6.07, 6.45) is 40.6. The second-order valence-corrected chi connectivity index (χ2v) is 25.9. The second kappa shape index (κ2) is 19.5. The van der Waals surface area contributed by atoms with Crippen LogP contribution in [0.3, 0.4) is 0 Å². The first-order chi connectivity index (χ1) is 30.9. The first-order valence-corrected chi connectivity index (χ1v) is 28.1. The standard InChI is InChI=1S/C63H84Br2/c1-13-47(64)37-59-49(14-2)50-20-15-45(35-57(50)62(59,29-25-39(3)4)30-26-40(5)6)43-16-21-51-52-22-17-44(34-56(52)61(11,12)55(51)33-43)46-18-23-53-54-24-19-48(65)38-60(54)63(58(53)36-46,31-27-41(7)8)32-28-42(9)10/h16-18,21-23,33-42,51,53,55,58H,13-15,19-20,24-32H2,1-12H3/b47-37+. The Kier molecular flexibility index (Phi) is 14.7. The van der Waals surface area contributed by atoms with Gasteiger partial charge >= 0.3 is 0 Å². The average Bonchev–Trinajstić information content (AvgIpc) is 3.79. The number of benzene rings is 1. The molecule has 0 N–H and O–H groups in total. The summed E-state index contributed by atoms with van der Waals surface area (Å²) in [5.41, 5.74) is 19.4. The van der Waals surface area contributed by atoms with Crippen molar-refractivity contribution in [3.63, 3.8) is 0 Å². The first kappa shape index (κ1) is 49.0. The lowest BCUT2D eigenvalue weighted by atomic mass is 9.63. The first-order valence-electron chi connectivity index (χ1n) is 26.5. The molecular formula is C63H84Br2. The van der Waals surface area contributed by atoms with Crippen LogP contribution in [0.4, 0.5) is 0 Å². The molecule has 4 unspecified atom stereocenters. The van der Waals surface area contributed by atoms with Gasteiger partial charge in [0.15, 0.2) is 0 Å². The molecule has 1 aromatic carbocycles. The Labute approximate surface area is 414 Å². The fourth-order valence-electron chi connectivity index (χ4n) is 13.8. The zero-order chi connectivity index (χ0) is 46.6. The summed E-state index contributed by atoms with van der Waals surface area (Å²) in [5, 5.41) is 0. The van der Waals surface area contributed by atoms with Crippen molar-refractivity contribution >= 4 is 37.4 Å². The molecule has 350 valence electrons. The summed E-state index contributed by atoms with van der Waals surface area (Å²) >= 11 is 8.02. The molecule has 7 aliphatic rings. The molecule has 7 aliphatic carbocycles.